The van der Waals surface area contributed by atoms with Crippen LogP contribution in [0.1, 0.15) is 69.4 Å². The molecular weight excluding hydrogens is 775 g/mol. The van der Waals surface area contributed by atoms with E-state index in [1.807, 2.05) is 95.5 Å². The van der Waals surface area contributed by atoms with Gasteiger partial charge in [-0.05, 0) is 49.3 Å². The van der Waals surface area contributed by atoms with Crippen LogP contribution in [-0.4, -0.2) is 110 Å². The number of methoxy groups -OCH3 is 1. The monoisotopic (exact) mass is 831 g/mol. The fourth-order valence-electron chi connectivity index (χ4n) is 6.97. The summed E-state index contributed by atoms with van der Waals surface area (Å²) in [6.07, 6.45) is -1.13. The van der Waals surface area contributed by atoms with Crippen LogP contribution in [0.15, 0.2) is 64.5 Å². The van der Waals surface area contributed by atoms with Crippen molar-refractivity contribution in [1.29, 1.82) is 0 Å². The summed E-state index contributed by atoms with van der Waals surface area (Å²) in [6.45, 7) is 14.1. The standard InChI is InChI=1S/C42H57N9O7S/c1-9-26(2)35(51-19-18-49(41(51)56)22-30-17-13-14-27(3)43-30)37(53)45-32(21-29-15-11-10-12-16-29)34(52)24-50(47-38(54)36(42(5,6)7)46-40(55)57-8)23-31-25-59-39(44-31)33-20-28(4)58-48-33/h10-17,20,25-26,32,34-36,52H,9,18-19,21-24H2,1-8H3,(H,45,53)(H,46,55)(H,47,54). The summed E-state index contributed by atoms with van der Waals surface area (Å²) >= 11 is 1.35. The van der Waals surface area contributed by atoms with E-state index in [0.29, 0.717) is 48.2 Å². The third kappa shape index (κ3) is 12.1. The Morgan fingerprint density at radius 1 is 1.02 bits per heavy atom. The van der Waals surface area contributed by atoms with Crippen molar-refractivity contribution >= 4 is 35.3 Å². The first-order valence-electron chi connectivity index (χ1n) is 19.8. The molecule has 0 aliphatic carbocycles. The van der Waals surface area contributed by atoms with Crippen molar-refractivity contribution in [3.05, 3.63) is 88.4 Å². The average Bonchev–Trinajstić information content (AvgIpc) is 3.93. The van der Waals surface area contributed by atoms with Gasteiger partial charge < -0.3 is 34.8 Å². The number of thiazole rings is 1. The first-order chi connectivity index (χ1) is 28.1. The fourth-order valence-corrected chi connectivity index (χ4v) is 7.74. The van der Waals surface area contributed by atoms with Gasteiger partial charge in [0.25, 0.3) is 5.91 Å². The van der Waals surface area contributed by atoms with Crippen LogP contribution in [0.4, 0.5) is 9.59 Å². The number of benzene rings is 1. The molecule has 0 saturated carbocycles. The molecule has 3 aromatic heterocycles. The van der Waals surface area contributed by atoms with Crippen molar-refractivity contribution in [2.75, 3.05) is 26.7 Å². The Hall–Kier alpha value is -5.39. The van der Waals surface area contributed by atoms with Gasteiger partial charge in [-0.3, -0.25) is 20.0 Å². The average molecular weight is 832 g/mol. The van der Waals surface area contributed by atoms with E-state index < -0.39 is 41.6 Å². The Kier molecular flexibility index (Phi) is 15.2. The van der Waals surface area contributed by atoms with Gasteiger partial charge >= 0.3 is 12.1 Å². The number of hydrazine groups is 1. The minimum absolute atomic E-state index is 0.0562. The molecule has 5 rings (SSSR count). The van der Waals surface area contributed by atoms with Crippen LogP contribution in [0.25, 0.3) is 10.7 Å². The molecule has 0 radical (unpaired) electrons. The molecule has 4 aromatic rings. The minimum Gasteiger partial charge on any atom is -0.453 e. The van der Waals surface area contributed by atoms with E-state index in [1.165, 1.54) is 23.5 Å². The topological polar surface area (TPSA) is 195 Å². The van der Waals surface area contributed by atoms with Crippen LogP contribution in [-0.2, 0) is 33.8 Å². The van der Waals surface area contributed by atoms with Crippen molar-refractivity contribution in [2.45, 2.75) is 98.6 Å². The van der Waals surface area contributed by atoms with Crippen molar-refractivity contribution < 1.29 is 33.5 Å². The van der Waals surface area contributed by atoms with Gasteiger partial charge in [0.05, 0.1) is 43.7 Å². The number of nitrogens with one attached hydrogen (secondary N) is 3. The fraction of sp³-hybridized carbons (Fsp3) is 0.500. The van der Waals surface area contributed by atoms with Gasteiger partial charge in [-0.15, -0.1) is 11.3 Å². The van der Waals surface area contributed by atoms with Gasteiger partial charge in [0.1, 0.15) is 28.5 Å². The van der Waals surface area contributed by atoms with Crippen LogP contribution >= 0.6 is 11.3 Å². The van der Waals surface area contributed by atoms with Gasteiger partial charge in [-0.25, -0.2) is 19.6 Å². The summed E-state index contributed by atoms with van der Waals surface area (Å²) in [5.74, 6) is -0.504. The highest BCUT2D eigenvalue weighted by molar-refractivity contribution is 7.13. The predicted octanol–water partition coefficient (Wildman–Crippen LogP) is 4.85. The van der Waals surface area contributed by atoms with Crippen LogP contribution in [0.5, 0.6) is 0 Å². The maximum atomic E-state index is 14.5. The van der Waals surface area contributed by atoms with Crippen LogP contribution in [0.3, 0.4) is 0 Å². The second kappa shape index (κ2) is 20.0. The molecule has 5 amide bonds. The number of urea groups is 1. The minimum atomic E-state index is -1.24. The molecule has 0 spiro atoms. The Morgan fingerprint density at radius 2 is 1.76 bits per heavy atom. The van der Waals surface area contributed by atoms with Crippen LogP contribution in [0, 0.1) is 25.2 Å². The Labute approximate surface area is 349 Å². The zero-order valence-corrected chi connectivity index (χ0v) is 35.9. The summed E-state index contributed by atoms with van der Waals surface area (Å²) in [5, 5.41) is 25.9. The normalized spacial score (nSPS) is 15.7. The first-order valence-corrected chi connectivity index (χ1v) is 20.7. The van der Waals surface area contributed by atoms with E-state index in [1.54, 1.807) is 22.8 Å². The lowest BCUT2D eigenvalue weighted by molar-refractivity contribution is -0.132. The highest BCUT2D eigenvalue weighted by Gasteiger charge is 2.41. The number of ether oxygens (including phenoxy) is 1. The molecule has 1 aliphatic rings. The molecule has 5 atom stereocenters. The number of aryl methyl sites for hydroxylation is 2. The number of carbonyl (C=O) groups is 4. The largest absolute Gasteiger partial charge is 0.453 e. The number of aromatic nitrogens is 3. The number of aliphatic hydroxyl groups excluding tert-OH is 1. The molecule has 0 bridgehead atoms. The highest BCUT2D eigenvalue weighted by atomic mass is 32.1. The van der Waals surface area contributed by atoms with Gasteiger partial charge in [0.15, 0.2) is 0 Å². The van der Waals surface area contributed by atoms with E-state index in [-0.39, 0.29) is 37.4 Å². The van der Waals surface area contributed by atoms with E-state index in [4.69, 9.17) is 14.2 Å². The van der Waals surface area contributed by atoms with E-state index in [0.717, 1.165) is 17.0 Å². The predicted molar refractivity (Wildman–Crippen MR) is 222 cm³/mol. The molecule has 4 N–H and O–H groups in total. The third-order valence-electron chi connectivity index (χ3n) is 10.3. The third-order valence-corrected chi connectivity index (χ3v) is 11.2. The van der Waals surface area contributed by atoms with Gasteiger partial charge in [0.2, 0.25) is 5.91 Å². The Bertz CT molecular complexity index is 2030. The lowest BCUT2D eigenvalue weighted by atomic mass is 9.86. The number of nitrogens with zero attached hydrogens (tertiary/aromatic N) is 6. The molecule has 1 saturated heterocycles. The highest BCUT2D eigenvalue weighted by Crippen LogP contribution is 2.26. The van der Waals surface area contributed by atoms with Crippen LogP contribution in [0.2, 0.25) is 0 Å². The first kappa shape index (κ1) is 44.7. The summed E-state index contributed by atoms with van der Waals surface area (Å²) in [4.78, 5) is 67.3. The number of carbonyl (C=O) groups excluding carboxylic acids is 4. The van der Waals surface area contributed by atoms with Crippen molar-refractivity contribution in [3.63, 3.8) is 0 Å². The molecular formula is C42H57N9O7S. The van der Waals surface area contributed by atoms with E-state index in [2.05, 4.69) is 26.2 Å². The molecule has 59 heavy (non-hydrogen) atoms. The van der Waals surface area contributed by atoms with E-state index in [9.17, 15) is 24.3 Å². The lowest BCUT2D eigenvalue weighted by Gasteiger charge is -2.36. The SMILES string of the molecule is CCC(C)C(C(=O)NC(Cc1ccccc1)C(O)CN(Cc1csc(-c2cc(C)on2)n1)NC(=O)C(NC(=O)OC)C(C)(C)C)N1CCN(Cc2cccc(C)n2)C1=O. The molecule has 1 aromatic carbocycles. The number of rotatable bonds is 18. The molecule has 5 unspecified atom stereocenters. The maximum absolute atomic E-state index is 14.5. The summed E-state index contributed by atoms with van der Waals surface area (Å²) in [5.41, 5.74) is 5.81. The quantitative estimate of drug-likeness (QED) is 0.100. The van der Waals surface area contributed by atoms with Crippen LogP contribution < -0.4 is 16.1 Å². The number of hydrogen-bond acceptors (Lipinski definition) is 12. The molecule has 4 heterocycles. The van der Waals surface area contributed by atoms with Crippen molar-refractivity contribution in [2.24, 2.45) is 11.3 Å². The Balaban J connectivity index is 1.41. The molecule has 1 fully saturated rings. The van der Waals surface area contributed by atoms with Gasteiger partial charge in [-0.2, -0.15) is 0 Å². The number of hydrogen-bond donors (Lipinski definition) is 4. The molecule has 1 aliphatic heterocycles. The Morgan fingerprint density at radius 3 is 2.41 bits per heavy atom. The smallest absolute Gasteiger partial charge is 0.407 e. The number of pyridine rings is 1. The van der Waals surface area contributed by atoms with E-state index >= 15 is 0 Å². The number of amides is 5. The van der Waals surface area contributed by atoms with Gasteiger partial charge in [0, 0.05) is 36.8 Å². The molecule has 17 heteroatoms. The summed E-state index contributed by atoms with van der Waals surface area (Å²) in [7, 11) is 1.22. The maximum Gasteiger partial charge on any atom is 0.407 e. The lowest BCUT2D eigenvalue weighted by Crippen LogP contribution is -2.60. The summed E-state index contributed by atoms with van der Waals surface area (Å²) in [6, 6.07) is 14.0. The van der Waals surface area contributed by atoms with Crippen molar-refractivity contribution in [3.8, 4) is 10.7 Å². The number of alkyl carbamates (subject to hydrolysis) is 1. The molecule has 16 nitrogen and oxygen atoms in total. The molecule has 318 valence electrons. The zero-order chi connectivity index (χ0) is 42.9. The number of aliphatic hydroxyl groups is 1. The van der Waals surface area contributed by atoms with Crippen molar-refractivity contribution in [1.82, 2.24) is 46.0 Å². The van der Waals surface area contributed by atoms with Gasteiger partial charge in [-0.1, -0.05) is 82.6 Å². The second-order valence-corrected chi connectivity index (χ2v) is 17.0. The second-order valence-electron chi connectivity index (χ2n) is 16.1. The zero-order valence-electron chi connectivity index (χ0n) is 35.1. The summed E-state index contributed by atoms with van der Waals surface area (Å²) < 4.78 is 10.1.